The minimum absolute atomic E-state index is 0.401. The van der Waals surface area contributed by atoms with Crippen molar-refractivity contribution < 1.29 is 0 Å². The second-order valence-corrected chi connectivity index (χ2v) is 4.78. The molecule has 0 fully saturated rings. The van der Waals surface area contributed by atoms with Crippen LogP contribution >= 0.6 is 0 Å². The van der Waals surface area contributed by atoms with E-state index >= 15 is 0 Å². The van der Waals surface area contributed by atoms with E-state index in [0.717, 1.165) is 18.8 Å². The van der Waals surface area contributed by atoms with E-state index in [-0.39, 0.29) is 0 Å². The zero-order valence-electron chi connectivity index (χ0n) is 10.6. The zero-order valence-corrected chi connectivity index (χ0v) is 10.6. The zero-order chi connectivity index (χ0) is 11.1. The van der Waals surface area contributed by atoms with E-state index in [1.165, 1.54) is 13.0 Å². The van der Waals surface area contributed by atoms with Crippen molar-refractivity contribution in [3.63, 3.8) is 0 Å². The number of hydrogen-bond acceptors (Lipinski definition) is 2. The van der Waals surface area contributed by atoms with Gasteiger partial charge in [0, 0.05) is 12.1 Å². The fourth-order valence-corrected chi connectivity index (χ4v) is 1.52. The van der Waals surface area contributed by atoms with Crippen LogP contribution in [-0.2, 0) is 0 Å². The summed E-state index contributed by atoms with van der Waals surface area (Å²) in [6, 6.07) is 1.07. The average molecular weight is 200 g/mol. The van der Waals surface area contributed by atoms with Crippen LogP contribution in [0.25, 0.3) is 0 Å². The Bertz CT molecular complexity index is 134. The number of rotatable bonds is 7. The lowest BCUT2D eigenvalue weighted by Gasteiger charge is -2.28. The molecular formula is C12H28N2. The molecule has 0 aliphatic heterocycles. The normalized spacial score (nSPS) is 16.3. The van der Waals surface area contributed by atoms with Crippen LogP contribution in [0.5, 0.6) is 0 Å². The highest BCUT2D eigenvalue weighted by Crippen LogP contribution is 2.09. The van der Waals surface area contributed by atoms with Crippen LogP contribution in [-0.4, -0.2) is 30.6 Å². The molecule has 0 aromatic heterocycles. The summed E-state index contributed by atoms with van der Waals surface area (Å²) in [5.74, 6) is 0.736. The molecule has 86 valence electrons. The molecule has 2 nitrogen and oxygen atoms in total. The van der Waals surface area contributed by atoms with Crippen LogP contribution in [0.15, 0.2) is 0 Å². The van der Waals surface area contributed by atoms with Crippen molar-refractivity contribution in [3.05, 3.63) is 0 Å². The van der Waals surface area contributed by atoms with Crippen LogP contribution in [0.4, 0.5) is 0 Å². The summed E-state index contributed by atoms with van der Waals surface area (Å²) >= 11 is 0. The van der Waals surface area contributed by atoms with E-state index in [1.54, 1.807) is 0 Å². The van der Waals surface area contributed by atoms with Gasteiger partial charge in [-0.3, -0.25) is 0 Å². The Morgan fingerprint density at radius 2 is 1.79 bits per heavy atom. The molecule has 0 rings (SSSR count). The summed E-state index contributed by atoms with van der Waals surface area (Å²) < 4.78 is 0. The van der Waals surface area contributed by atoms with Gasteiger partial charge in [0.05, 0.1) is 0 Å². The minimum atomic E-state index is 0.401. The molecule has 0 saturated heterocycles. The SMILES string of the molecule is CCC(N)CCCN(C)C(C)C(C)C. The summed E-state index contributed by atoms with van der Waals surface area (Å²) in [4.78, 5) is 2.44. The van der Waals surface area contributed by atoms with E-state index in [4.69, 9.17) is 5.73 Å². The topological polar surface area (TPSA) is 29.3 Å². The molecule has 0 saturated carbocycles. The lowest BCUT2D eigenvalue weighted by Crippen LogP contribution is -2.34. The lowest BCUT2D eigenvalue weighted by atomic mass is 10.0. The molecule has 2 atom stereocenters. The number of hydrogen-bond donors (Lipinski definition) is 1. The van der Waals surface area contributed by atoms with Gasteiger partial charge in [-0.05, 0) is 45.7 Å². The van der Waals surface area contributed by atoms with E-state index in [9.17, 15) is 0 Å². The second kappa shape index (κ2) is 7.24. The molecule has 0 aromatic carbocycles. The van der Waals surface area contributed by atoms with Gasteiger partial charge in [0.1, 0.15) is 0 Å². The monoisotopic (exact) mass is 200 g/mol. The van der Waals surface area contributed by atoms with Crippen molar-refractivity contribution in [1.29, 1.82) is 0 Å². The maximum atomic E-state index is 5.88. The summed E-state index contributed by atoms with van der Waals surface area (Å²) in [5, 5.41) is 0. The van der Waals surface area contributed by atoms with Crippen molar-refractivity contribution in [2.45, 2.75) is 59.0 Å². The molecule has 0 bridgehead atoms. The largest absolute Gasteiger partial charge is 0.328 e. The van der Waals surface area contributed by atoms with Crippen LogP contribution in [0, 0.1) is 5.92 Å². The quantitative estimate of drug-likeness (QED) is 0.684. The van der Waals surface area contributed by atoms with Crippen molar-refractivity contribution in [2.24, 2.45) is 11.7 Å². The maximum Gasteiger partial charge on any atom is 0.00868 e. The molecule has 14 heavy (non-hydrogen) atoms. The first-order valence-corrected chi connectivity index (χ1v) is 5.94. The summed E-state index contributed by atoms with van der Waals surface area (Å²) in [5.41, 5.74) is 5.88. The van der Waals surface area contributed by atoms with Crippen molar-refractivity contribution in [2.75, 3.05) is 13.6 Å². The Hall–Kier alpha value is -0.0800. The smallest absolute Gasteiger partial charge is 0.00868 e. The third-order valence-corrected chi connectivity index (χ3v) is 3.27. The van der Waals surface area contributed by atoms with E-state index in [0.29, 0.717) is 12.1 Å². The molecule has 0 heterocycles. The highest BCUT2D eigenvalue weighted by atomic mass is 15.1. The molecule has 0 aliphatic carbocycles. The number of nitrogens with two attached hydrogens (primary N) is 1. The fraction of sp³-hybridized carbons (Fsp3) is 1.00. The molecule has 0 aromatic rings. The third kappa shape index (κ3) is 5.61. The Balaban J connectivity index is 3.58. The summed E-state index contributed by atoms with van der Waals surface area (Å²) in [6.45, 7) is 10.2. The molecule has 2 unspecified atom stereocenters. The van der Waals surface area contributed by atoms with Gasteiger partial charge in [-0.15, -0.1) is 0 Å². The van der Waals surface area contributed by atoms with Crippen LogP contribution in [0.1, 0.15) is 47.0 Å². The van der Waals surface area contributed by atoms with Crippen molar-refractivity contribution in [3.8, 4) is 0 Å². The third-order valence-electron chi connectivity index (χ3n) is 3.27. The van der Waals surface area contributed by atoms with Crippen molar-refractivity contribution in [1.82, 2.24) is 4.90 Å². The first kappa shape index (κ1) is 13.9. The fourth-order valence-electron chi connectivity index (χ4n) is 1.52. The summed E-state index contributed by atoms with van der Waals surface area (Å²) in [6.07, 6.45) is 3.48. The molecule has 0 radical (unpaired) electrons. The Morgan fingerprint density at radius 1 is 1.21 bits per heavy atom. The van der Waals surface area contributed by atoms with E-state index in [1.807, 2.05) is 0 Å². The maximum absolute atomic E-state index is 5.88. The molecular weight excluding hydrogens is 172 g/mol. The summed E-state index contributed by atoms with van der Waals surface area (Å²) in [7, 11) is 2.21. The van der Waals surface area contributed by atoms with Gasteiger partial charge in [-0.25, -0.2) is 0 Å². The van der Waals surface area contributed by atoms with Gasteiger partial charge in [-0.2, -0.15) is 0 Å². The highest BCUT2D eigenvalue weighted by Gasteiger charge is 2.12. The van der Waals surface area contributed by atoms with Gasteiger partial charge >= 0.3 is 0 Å². The molecule has 0 aliphatic rings. The van der Waals surface area contributed by atoms with Crippen LogP contribution < -0.4 is 5.73 Å². The predicted octanol–water partition coefficient (Wildman–Crippen LogP) is 2.48. The van der Waals surface area contributed by atoms with Gasteiger partial charge in [0.15, 0.2) is 0 Å². The molecule has 0 spiro atoms. The number of nitrogens with zero attached hydrogens (tertiary/aromatic N) is 1. The highest BCUT2D eigenvalue weighted by molar-refractivity contribution is 4.68. The van der Waals surface area contributed by atoms with Gasteiger partial charge in [0.25, 0.3) is 0 Å². The van der Waals surface area contributed by atoms with Gasteiger partial charge < -0.3 is 10.6 Å². The Labute approximate surface area is 89.9 Å². The Morgan fingerprint density at radius 3 is 2.21 bits per heavy atom. The lowest BCUT2D eigenvalue weighted by molar-refractivity contribution is 0.203. The van der Waals surface area contributed by atoms with Crippen LogP contribution in [0.3, 0.4) is 0 Å². The van der Waals surface area contributed by atoms with Crippen LogP contribution in [0.2, 0.25) is 0 Å². The van der Waals surface area contributed by atoms with Crippen molar-refractivity contribution >= 4 is 0 Å². The molecule has 2 N–H and O–H groups in total. The van der Waals surface area contributed by atoms with E-state index in [2.05, 4.69) is 39.6 Å². The minimum Gasteiger partial charge on any atom is -0.328 e. The second-order valence-electron chi connectivity index (χ2n) is 4.78. The predicted molar refractivity (Wildman–Crippen MR) is 64.4 cm³/mol. The van der Waals surface area contributed by atoms with Gasteiger partial charge in [-0.1, -0.05) is 20.8 Å². The standard InChI is InChI=1S/C12H28N2/c1-6-12(13)8-7-9-14(5)11(4)10(2)3/h10-12H,6-9,13H2,1-5H3. The first-order chi connectivity index (χ1) is 6.49. The molecule has 0 amide bonds. The van der Waals surface area contributed by atoms with Gasteiger partial charge in [0.2, 0.25) is 0 Å². The van der Waals surface area contributed by atoms with E-state index < -0.39 is 0 Å². The molecule has 2 heteroatoms. The first-order valence-electron chi connectivity index (χ1n) is 5.94. The Kier molecular flexibility index (Phi) is 7.20. The average Bonchev–Trinajstić information content (AvgIpc) is 2.15.